The lowest BCUT2D eigenvalue weighted by atomic mass is 9.97. The standard InChI is InChI=1S/C18H22N4O3/c19-17(24)12-4-3-8-22(11-12)9-7-20-18(25)14-10-16(23)21-15-6-2-1-5-13(14)15/h1-2,5-6,10,12H,3-4,7-9,11H2,(H2,19,24)(H,20,25)(H,21,23). The topological polar surface area (TPSA) is 108 Å². The molecule has 1 aromatic carbocycles. The zero-order valence-electron chi connectivity index (χ0n) is 14.0. The Morgan fingerprint density at radius 1 is 1.32 bits per heavy atom. The predicted octanol–water partition coefficient (Wildman–Crippen LogP) is 0.455. The van der Waals surface area contributed by atoms with Crippen LogP contribution in [0.1, 0.15) is 23.2 Å². The maximum Gasteiger partial charge on any atom is 0.252 e. The summed E-state index contributed by atoms with van der Waals surface area (Å²) in [6, 6.07) is 8.54. The number of rotatable bonds is 5. The van der Waals surface area contributed by atoms with Gasteiger partial charge in [0, 0.05) is 36.6 Å². The smallest absolute Gasteiger partial charge is 0.252 e. The second-order valence-electron chi connectivity index (χ2n) is 6.39. The van der Waals surface area contributed by atoms with Gasteiger partial charge in [-0.2, -0.15) is 0 Å². The number of benzene rings is 1. The number of hydrogen-bond acceptors (Lipinski definition) is 4. The monoisotopic (exact) mass is 342 g/mol. The molecule has 1 fully saturated rings. The van der Waals surface area contributed by atoms with Crippen molar-refractivity contribution in [1.29, 1.82) is 0 Å². The molecule has 2 aromatic rings. The molecule has 1 saturated heterocycles. The van der Waals surface area contributed by atoms with Gasteiger partial charge in [0.2, 0.25) is 11.5 Å². The average Bonchev–Trinajstić information content (AvgIpc) is 2.61. The normalized spacial score (nSPS) is 18.2. The molecule has 132 valence electrons. The van der Waals surface area contributed by atoms with E-state index >= 15 is 0 Å². The number of carbonyl (C=O) groups excluding carboxylic acids is 2. The number of primary amides is 1. The molecule has 7 nitrogen and oxygen atoms in total. The van der Waals surface area contributed by atoms with Crippen LogP contribution in [-0.2, 0) is 4.79 Å². The fourth-order valence-electron chi connectivity index (χ4n) is 3.31. The van der Waals surface area contributed by atoms with Crippen LogP contribution in [0.3, 0.4) is 0 Å². The number of pyridine rings is 1. The maximum atomic E-state index is 12.5. The maximum absolute atomic E-state index is 12.5. The number of hydrogen-bond donors (Lipinski definition) is 3. The van der Waals surface area contributed by atoms with Gasteiger partial charge in [0.1, 0.15) is 0 Å². The summed E-state index contributed by atoms with van der Waals surface area (Å²) in [7, 11) is 0. The Morgan fingerprint density at radius 2 is 2.12 bits per heavy atom. The first-order valence-electron chi connectivity index (χ1n) is 8.46. The van der Waals surface area contributed by atoms with Crippen LogP contribution in [-0.4, -0.2) is 47.9 Å². The molecule has 0 spiro atoms. The molecule has 0 radical (unpaired) electrons. The van der Waals surface area contributed by atoms with Crippen LogP contribution in [0.2, 0.25) is 0 Å². The molecular formula is C18H22N4O3. The number of aromatic nitrogens is 1. The highest BCUT2D eigenvalue weighted by Crippen LogP contribution is 2.16. The number of carbonyl (C=O) groups is 2. The Morgan fingerprint density at radius 3 is 2.92 bits per heavy atom. The number of H-pyrrole nitrogens is 1. The minimum Gasteiger partial charge on any atom is -0.369 e. The molecule has 25 heavy (non-hydrogen) atoms. The van der Waals surface area contributed by atoms with E-state index in [1.165, 1.54) is 6.07 Å². The van der Waals surface area contributed by atoms with E-state index in [9.17, 15) is 14.4 Å². The summed E-state index contributed by atoms with van der Waals surface area (Å²) >= 11 is 0. The van der Waals surface area contributed by atoms with Crippen LogP contribution in [0.5, 0.6) is 0 Å². The number of para-hydroxylation sites is 1. The van der Waals surface area contributed by atoms with Crippen LogP contribution in [0, 0.1) is 5.92 Å². The summed E-state index contributed by atoms with van der Waals surface area (Å²) in [6.45, 7) is 2.63. The van der Waals surface area contributed by atoms with Crippen molar-refractivity contribution >= 4 is 22.7 Å². The van der Waals surface area contributed by atoms with Crippen LogP contribution in [0.25, 0.3) is 10.9 Å². The van der Waals surface area contributed by atoms with Gasteiger partial charge >= 0.3 is 0 Å². The predicted molar refractivity (Wildman–Crippen MR) is 95.3 cm³/mol. The van der Waals surface area contributed by atoms with Gasteiger partial charge in [-0.15, -0.1) is 0 Å². The lowest BCUT2D eigenvalue weighted by Gasteiger charge is -2.31. The third kappa shape index (κ3) is 4.06. The second kappa shape index (κ2) is 7.48. The van der Waals surface area contributed by atoms with Gasteiger partial charge in [-0.25, -0.2) is 0 Å². The fraction of sp³-hybridized carbons (Fsp3) is 0.389. The highest BCUT2D eigenvalue weighted by molar-refractivity contribution is 6.05. The van der Waals surface area contributed by atoms with Gasteiger partial charge in [-0.05, 0) is 25.5 Å². The number of nitrogens with zero attached hydrogens (tertiary/aromatic N) is 1. The van der Waals surface area contributed by atoms with Crippen molar-refractivity contribution in [3.63, 3.8) is 0 Å². The minimum absolute atomic E-state index is 0.110. The molecule has 2 heterocycles. The van der Waals surface area contributed by atoms with Crippen molar-refractivity contribution in [2.75, 3.05) is 26.2 Å². The Hall–Kier alpha value is -2.67. The third-order valence-corrected chi connectivity index (χ3v) is 4.62. The molecule has 0 saturated carbocycles. The molecular weight excluding hydrogens is 320 g/mol. The highest BCUT2D eigenvalue weighted by Gasteiger charge is 2.23. The average molecular weight is 342 g/mol. The van der Waals surface area contributed by atoms with Crippen molar-refractivity contribution < 1.29 is 9.59 Å². The van der Waals surface area contributed by atoms with Crippen LogP contribution >= 0.6 is 0 Å². The Bertz CT molecular complexity index is 846. The molecule has 0 aliphatic carbocycles. The summed E-state index contributed by atoms with van der Waals surface area (Å²) in [5.41, 5.74) is 6.09. The molecule has 1 aliphatic rings. The molecule has 7 heteroatoms. The quantitative estimate of drug-likeness (QED) is 0.733. The zero-order valence-corrected chi connectivity index (χ0v) is 14.0. The number of piperidine rings is 1. The van der Waals surface area contributed by atoms with Crippen molar-refractivity contribution in [2.24, 2.45) is 11.7 Å². The van der Waals surface area contributed by atoms with Crippen LogP contribution in [0.15, 0.2) is 35.1 Å². The number of nitrogens with two attached hydrogens (primary N) is 1. The van der Waals surface area contributed by atoms with Crippen molar-refractivity contribution in [1.82, 2.24) is 15.2 Å². The van der Waals surface area contributed by atoms with Gasteiger partial charge < -0.3 is 20.9 Å². The Balaban J connectivity index is 1.62. The van der Waals surface area contributed by atoms with Crippen LogP contribution in [0.4, 0.5) is 0 Å². The molecule has 2 amide bonds. The number of aromatic amines is 1. The van der Waals surface area contributed by atoms with Crippen LogP contribution < -0.4 is 16.6 Å². The van der Waals surface area contributed by atoms with E-state index in [2.05, 4.69) is 15.2 Å². The van der Waals surface area contributed by atoms with E-state index in [4.69, 9.17) is 5.73 Å². The summed E-state index contributed by atoms with van der Waals surface area (Å²) in [5, 5.41) is 3.57. The lowest BCUT2D eigenvalue weighted by molar-refractivity contribution is -0.123. The molecule has 1 aliphatic heterocycles. The minimum atomic E-state index is -0.302. The molecule has 4 N–H and O–H groups in total. The van der Waals surface area contributed by atoms with Gasteiger partial charge in [0.05, 0.1) is 11.5 Å². The first-order chi connectivity index (χ1) is 12.0. The lowest BCUT2D eigenvalue weighted by Crippen LogP contribution is -2.44. The summed E-state index contributed by atoms with van der Waals surface area (Å²) in [6.07, 6.45) is 1.76. The Labute approximate surface area is 145 Å². The summed E-state index contributed by atoms with van der Waals surface area (Å²) < 4.78 is 0. The van der Waals surface area contributed by atoms with E-state index < -0.39 is 0 Å². The van der Waals surface area contributed by atoms with Gasteiger partial charge in [0.25, 0.3) is 5.91 Å². The third-order valence-electron chi connectivity index (χ3n) is 4.62. The van der Waals surface area contributed by atoms with E-state index in [0.717, 1.165) is 19.4 Å². The summed E-state index contributed by atoms with van der Waals surface area (Å²) in [5.74, 6) is -0.643. The van der Waals surface area contributed by atoms with Crippen molar-refractivity contribution in [2.45, 2.75) is 12.8 Å². The van der Waals surface area contributed by atoms with E-state index in [1.54, 1.807) is 6.07 Å². The van der Waals surface area contributed by atoms with E-state index in [-0.39, 0.29) is 23.3 Å². The molecule has 3 rings (SSSR count). The van der Waals surface area contributed by atoms with Crippen molar-refractivity contribution in [3.8, 4) is 0 Å². The first kappa shape index (κ1) is 17.2. The number of fused-ring (bicyclic) bond motifs is 1. The zero-order chi connectivity index (χ0) is 17.8. The summed E-state index contributed by atoms with van der Waals surface area (Å²) in [4.78, 5) is 40.4. The SMILES string of the molecule is NC(=O)C1CCCN(CCNC(=O)c2cc(=O)[nH]c3ccccc23)C1. The highest BCUT2D eigenvalue weighted by atomic mass is 16.2. The van der Waals surface area contributed by atoms with Gasteiger partial charge in [-0.3, -0.25) is 14.4 Å². The molecule has 0 bridgehead atoms. The van der Waals surface area contributed by atoms with Gasteiger partial charge in [-0.1, -0.05) is 18.2 Å². The first-order valence-corrected chi connectivity index (χ1v) is 8.46. The largest absolute Gasteiger partial charge is 0.369 e. The molecule has 1 atom stereocenters. The number of amides is 2. The number of nitrogens with one attached hydrogen (secondary N) is 2. The van der Waals surface area contributed by atoms with Gasteiger partial charge in [0.15, 0.2) is 0 Å². The fourth-order valence-corrected chi connectivity index (χ4v) is 3.31. The van der Waals surface area contributed by atoms with Crippen molar-refractivity contribution in [3.05, 3.63) is 46.2 Å². The number of likely N-dealkylation sites (tertiary alicyclic amines) is 1. The molecule has 1 aromatic heterocycles. The Kier molecular flexibility index (Phi) is 5.14. The molecule has 1 unspecified atom stereocenters. The van der Waals surface area contributed by atoms with E-state index in [0.29, 0.717) is 36.1 Å². The van der Waals surface area contributed by atoms with E-state index in [1.807, 2.05) is 18.2 Å². The second-order valence-corrected chi connectivity index (χ2v) is 6.39.